The van der Waals surface area contributed by atoms with Crippen molar-refractivity contribution in [2.24, 2.45) is 17.8 Å². The summed E-state index contributed by atoms with van der Waals surface area (Å²) in [5.74, 6) is -3.94. The normalized spacial score (nSPS) is 27.2. The van der Waals surface area contributed by atoms with Crippen molar-refractivity contribution < 1.29 is 41.0 Å². The van der Waals surface area contributed by atoms with Crippen molar-refractivity contribution in [1.29, 1.82) is 0 Å². The zero-order valence-corrected chi connectivity index (χ0v) is 17.3. The van der Waals surface area contributed by atoms with Crippen LogP contribution in [0.25, 0.3) is 0 Å². The van der Waals surface area contributed by atoms with Crippen molar-refractivity contribution in [1.82, 2.24) is 0 Å². The lowest BCUT2D eigenvalue weighted by Gasteiger charge is -2.38. The first-order valence-electron chi connectivity index (χ1n) is 10.6. The van der Waals surface area contributed by atoms with Gasteiger partial charge in [-0.25, -0.2) is 13.2 Å². The number of hydrogen-bond donors (Lipinski definition) is 0. The molecule has 1 aromatic rings. The molecule has 2 fully saturated rings. The van der Waals surface area contributed by atoms with Crippen LogP contribution in [-0.4, -0.2) is 31.7 Å². The molecule has 31 heavy (non-hydrogen) atoms. The Balaban J connectivity index is 1.63. The van der Waals surface area contributed by atoms with Crippen LogP contribution in [0.5, 0.6) is 11.5 Å². The Bertz CT molecular complexity index is 742. The molecule has 9 heteroatoms. The molecule has 174 valence electrons. The van der Waals surface area contributed by atoms with E-state index in [9.17, 15) is 26.7 Å². The number of carbonyl (C=O) groups excluding carboxylic acids is 1. The van der Waals surface area contributed by atoms with Gasteiger partial charge in [0, 0.05) is 5.92 Å². The molecule has 1 saturated heterocycles. The lowest BCUT2D eigenvalue weighted by atomic mass is 9.77. The van der Waals surface area contributed by atoms with Gasteiger partial charge in [-0.2, -0.15) is 8.78 Å². The maximum Gasteiger partial charge on any atom is 0.403 e. The summed E-state index contributed by atoms with van der Waals surface area (Å²) in [5.41, 5.74) is -1.10. The molecule has 2 unspecified atom stereocenters. The predicted octanol–water partition coefficient (Wildman–Crippen LogP) is 5.93. The highest BCUT2D eigenvalue weighted by molar-refractivity contribution is 5.53. The molecule has 0 bridgehead atoms. The zero-order chi connectivity index (χ0) is 22.6. The van der Waals surface area contributed by atoms with Gasteiger partial charge in [-0.3, -0.25) is 0 Å². The van der Waals surface area contributed by atoms with E-state index < -0.39 is 41.3 Å². The van der Waals surface area contributed by atoms with Gasteiger partial charge in [0.05, 0.1) is 30.8 Å². The minimum absolute atomic E-state index is 0.0207. The maximum atomic E-state index is 14.7. The second-order valence-electron chi connectivity index (χ2n) is 8.14. The number of alkyl halides is 4. The second kappa shape index (κ2) is 10.1. The Hall–Kier alpha value is -1.90. The second-order valence-corrected chi connectivity index (χ2v) is 8.14. The van der Waals surface area contributed by atoms with E-state index >= 15 is 0 Å². The number of aldehydes is 1. The summed E-state index contributed by atoms with van der Waals surface area (Å²) >= 11 is 0. The molecule has 0 spiro atoms. The van der Waals surface area contributed by atoms with E-state index in [0.717, 1.165) is 44.1 Å². The fourth-order valence-corrected chi connectivity index (χ4v) is 4.41. The zero-order valence-electron chi connectivity index (χ0n) is 17.3. The molecule has 2 aliphatic rings. The Morgan fingerprint density at radius 2 is 1.81 bits per heavy atom. The number of ether oxygens (including phenoxy) is 3. The molecule has 1 saturated carbocycles. The monoisotopic (exact) mass is 450 g/mol. The van der Waals surface area contributed by atoms with Gasteiger partial charge < -0.3 is 19.0 Å². The van der Waals surface area contributed by atoms with Crippen LogP contribution in [-0.2, 0) is 9.53 Å². The highest BCUT2D eigenvalue weighted by Gasteiger charge is 2.46. The van der Waals surface area contributed by atoms with Crippen LogP contribution in [0.2, 0.25) is 0 Å². The molecule has 0 aromatic heterocycles. The molecular formula is C22H27F5O4. The Labute approximate surface area is 178 Å². The van der Waals surface area contributed by atoms with E-state index in [0.29, 0.717) is 6.42 Å². The molecule has 3 rings (SSSR count). The Morgan fingerprint density at radius 1 is 1.13 bits per heavy atom. The van der Waals surface area contributed by atoms with Gasteiger partial charge in [0.1, 0.15) is 12.0 Å². The fourth-order valence-electron chi connectivity index (χ4n) is 4.41. The summed E-state index contributed by atoms with van der Waals surface area (Å²) in [6, 6.07) is 1.88. The van der Waals surface area contributed by atoms with Gasteiger partial charge in [0.2, 0.25) is 0 Å². The summed E-state index contributed by atoms with van der Waals surface area (Å²) < 4.78 is 85.6. The summed E-state index contributed by atoms with van der Waals surface area (Å²) in [6.07, 6.45) is -2.53. The number of rotatable bonds is 8. The van der Waals surface area contributed by atoms with E-state index in [2.05, 4.69) is 4.74 Å². The lowest BCUT2D eigenvalue weighted by molar-refractivity contribution is -0.245. The van der Waals surface area contributed by atoms with E-state index in [1.807, 2.05) is 0 Å². The van der Waals surface area contributed by atoms with Crippen molar-refractivity contribution in [2.45, 2.75) is 64.1 Å². The number of hydrogen-bond acceptors (Lipinski definition) is 4. The maximum absolute atomic E-state index is 14.7. The SMILES string of the molecule is CCOc1ccc(OC(F)(F)C2CCC(C3CCC(C=O)CC3)OC2)c(F)c1C(F)F. The Morgan fingerprint density at radius 3 is 2.35 bits per heavy atom. The topological polar surface area (TPSA) is 44.8 Å². The van der Waals surface area contributed by atoms with Crippen LogP contribution < -0.4 is 9.47 Å². The van der Waals surface area contributed by atoms with Crippen molar-refractivity contribution in [2.75, 3.05) is 13.2 Å². The van der Waals surface area contributed by atoms with E-state index in [1.54, 1.807) is 0 Å². The van der Waals surface area contributed by atoms with Crippen LogP contribution in [0.4, 0.5) is 22.0 Å². The van der Waals surface area contributed by atoms with E-state index in [4.69, 9.17) is 9.47 Å². The molecule has 1 aliphatic carbocycles. The quantitative estimate of drug-likeness (QED) is 0.364. The third kappa shape index (κ3) is 5.48. The molecule has 1 heterocycles. The van der Waals surface area contributed by atoms with Gasteiger partial charge in [-0.1, -0.05) is 0 Å². The molecule has 0 N–H and O–H groups in total. The minimum atomic E-state index is -3.78. The number of benzene rings is 1. The van der Waals surface area contributed by atoms with Crippen molar-refractivity contribution in [3.8, 4) is 11.5 Å². The third-order valence-electron chi connectivity index (χ3n) is 6.19. The lowest BCUT2D eigenvalue weighted by Crippen LogP contribution is -2.43. The van der Waals surface area contributed by atoms with Crippen molar-refractivity contribution in [3.05, 3.63) is 23.5 Å². The van der Waals surface area contributed by atoms with Crippen LogP contribution in [0.15, 0.2) is 12.1 Å². The van der Waals surface area contributed by atoms with Gasteiger partial charge in [0.25, 0.3) is 6.43 Å². The van der Waals surface area contributed by atoms with E-state index in [-0.39, 0.29) is 37.6 Å². The summed E-state index contributed by atoms with van der Waals surface area (Å²) in [5, 5.41) is 0. The van der Waals surface area contributed by atoms with Crippen molar-refractivity contribution >= 4 is 6.29 Å². The summed E-state index contributed by atoms with van der Waals surface area (Å²) in [7, 11) is 0. The Kier molecular flexibility index (Phi) is 7.78. The first-order valence-corrected chi connectivity index (χ1v) is 10.6. The standard InChI is InChI=1S/C22H27F5O4/c1-2-29-17-9-10-18(20(23)19(17)21(24)25)31-22(26,27)15-7-8-16(30-12-15)14-5-3-13(11-28)4-6-14/h9-11,13-16,21H,2-8,12H2,1H3. The minimum Gasteiger partial charge on any atom is -0.493 e. The molecule has 0 amide bonds. The highest BCUT2D eigenvalue weighted by atomic mass is 19.3. The van der Waals surface area contributed by atoms with Gasteiger partial charge in [-0.15, -0.1) is 0 Å². The van der Waals surface area contributed by atoms with Crippen LogP contribution in [0.3, 0.4) is 0 Å². The van der Waals surface area contributed by atoms with Crippen LogP contribution in [0.1, 0.15) is 57.4 Å². The number of carbonyl (C=O) groups is 1. The molecular weight excluding hydrogens is 423 g/mol. The average molecular weight is 450 g/mol. The molecule has 0 radical (unpaired) electrons. The van der Waals surface area contributed by atoms with Crippen LogP contribution >= 0.6 is 0 Å². The van der Waals surface area contributed by atoms with E-state index in [1.165, 1.54) is 6.92 Å². The largest absolute Gasteiger partial charge is 0.493 e. The molecule has 1 aromatic carbocycles. The first kappa shape index (κ1) is 23.8. The average Bonchev–Trinajstić information content (AvgIpc) is 2.76. The highest BCUT2D eigenvalue weighted by Crippen LogP contribution is 2.42. The third-order valence-corrected chi connectivity index (χ3v) is 6.19. The number of halogens is 5. The fraction of sp³-hybridized carbons (Fsp3) is 0.682. The predicted molar refractivity (Wildman–Crippen MR) is 102 cm³/mol. The van der Waals surface area contributed by atoms with Crippen molar-refractivity contribution in [3.63, 3.8) is 0 Å². The molecule has 1 aliphatic heterocycles. The molecule has 4 nitrogen and oxygen atoms in total. The first-order chi connectivity index (χ1) is 14.8. The molecule has 2 atom stereocenters. The van der Waals surface area contributed by atoms with Gasteiger partial charge >= 0.3 is 6.11 Å². The van der Waals surface area contributed by atoms with Gasteiger partial charge in [-0.05, 0) is 63.5 Å². The smallest absolute Gasteiger partial charge is 0.403 e. The van der Waals surface area contributed by atoms with Gasteiger partial charge in [0.15, 0.2) is 11.6 Å². The van der Waals surface area contributed by atoms with Crippen LogP contribution in [0, 0.1) is 23.6 Å². The summed E-state index contributed by atoms with van der Waals surface area (Å²) in [6.45, 7) is 1.29. The summed E-state index contributed by atoms with van der Waals surface area (Å²) in [4.78, 5) is 10.9.